The Morgan fingerprint density at radius 3 is 2.67 bits per heavy atom. The van der Waals surface area contributed by atoms with Crippen molar-refractivity contribution in [3.8, 4) is 11.4 Å². The number of pyridine rings is 1. The van der Waals surface area contributed by atoms with Gasteiger partial charge in [-0.1, -0.05) is 20.8 Å². The summed E-state index contributed by atoms with van der Waals surface area (Å²) in [5.41, 5.74) is 1.09. The summed E-state index contributed by atoms with van der Waals surface area (Å²) < 4.78 is 7.30. The topological polar surface area (TPSA) is 75.7 Å². The third-order valence-corrected chi connectivity index (χ3v) is 3.55. The molecule has 0 amide bonds. The van der Waals surface area contributed by atoms with Crippen molar-refractivity contribution in [1.29, 1.82) is 0 Å². The molecule has 6 nitrogen and oxygen atoms in total. The number of hydrogen-bond acceptors (Lipinski definition) is 4. The van der Waals surface area contributed by atoms with Gasteiger partial charge in [0.05, 0.1) is 18.7 Å². The number of H-pyrrole nitrogens is 2. The lowest BCUT2D eigenvalue weighted by atomic mass is 9.91. The first-order valence-electron chi connectivity index (χ1n) is 6.73. The molecule has 7 heteroatoms. The molecule has 0 aromatic carbocycles. The Morgan fingerprint density at radius 1 is 1.38 bits per heavy atom. The first-order chi connectivity index (χ1) is 9.84. The molecule has 0 spiro atoms. The Labute approximate surface area is 128 Å². The van der Waals surface area contributed by atoms with Crippen LogP contribution in [0.25, 0.3) is 11.4 Å². The van der Waals surface area contributed by atoms with E-state index in [4.69, 9.17) is 17.0 Å². The van der Waals surface area contributed by atoms with E-state index in [-0.39, 0.29) is 11.0 Å². The highest BCUT2D eigenvalue weighted by atomic mass is 32.1. The molecule has 0 aliphatic rings. The molecule has 0 radical (unpaired) electrons. The number of aromatic amines is 2. The van der Waals surface area contributed by atoms with E-state index in [9.17, 15) is 4.79 Å². The van der Waals surface area contributed by atoms with Gasteiger partial charge in [0.25, 0.3) is 5.56 Å². The first kappa shape index (κ1) is 15.7. The fourth-order valence-corrected chi connectivity index (χ4v) is 2.22. The molecule has 0 saturated heterocycles. The Bertz CT molecular complexity index is 736. The van der Waals surface area contributed by atoms with Crippen LogP contribution in [-0.4, -0.2) is 33.5 Å². The standard InChI is InChI=1S/C14H20N4O2S/c1-14(2,3)10-6-5-9(12(19)15-10)11-16-17-13(21)18(11)7-8-20-4/h5-6H,7-8H2,1-4H3,(H,15,19)(H,17,21). The van der Waals surface area contributed by atoms with E-state index in [1.54, 1.807) is 17.7 Å². The normalized spacial score (nSPS) is 11.8. The highest BCUT2D eigenvalue weighted by Gasteiger charge is 2.18. The van der Waals surface area contributed by atoms with E-state index in [0.29, 0.717) is 29.3 Å². The van der Waals surface area contributed by atoms with Gasteiger partial charge in [0, 0.05) is 18.2 Å². The third kappa shape index (κ3) is 3.30. The van der Waals surface area contributed by atoms with Gasteiger partial charge in [-0.05, 0) is 24.4 Å². The summed E-state index contributed by atoms with van der Waals surface area (Å²) in [6, 6.07) is 3.70. The molecular weight excluding hydrogens is 288 g/mol. The minimum Gasteiger partial charge on any atom is -0.383 e. The lowest BCUT2D eigenvalue weighted by Crippen LogP contribution is -2.21. The first-order valence-corrected chi connectivity index (χ1v) is 7.13. The molecule has 114 valence electrons. The lowest BCUT2D eigenvalue weighted by Gasteiger charge is -2.18. The average molecular weight is 308 g/mol. The quantitative estimate of drug-likeness (QED) is 0.849. The van der Waals surface area contributed by atoms with Crippen LogP contribution in [0.3, 0.4) is 0 Å². The predicted molar refractivity (Wildman–Crippen MR) is 84.0 cm³/mol. The number of nitrogens with zero attached hydrogens (tertiary/aromatic N) is 2. The summed E-state index contributed by atoms with van der Waals surface area (Å²) in [5, 5.41) is 6.89. The maximum atomic E-state index is 12.3. The van der Waals surface area contributed by atoms with Crippen molar-refractivity contribution < 1.29 is 4.74 Å². The lowest BCUT2D eigenvalue weighted by molar-refractivity contribution is 0.187. The SMILES string of the molecule is COCCn1c(-c2ccc(C(C)(C)C)[nH]c2=O)n[nH]c1=S. The van der Waals surface area contributed by atoms with Gasteiger partial charge in [-0.2, -0.15) is 5.10 Å². The maximum Gasteiger partial charge on any atom is 0.259 e. The minimum absolute atomic E-state index is 0.113. The molecule has 2 aromatic rings. The number of rotatable bonds is 4. The van der Waals surface area contributed by atoms with Crippen molar-refractivity contribution in [2.75, 3.05) is 13.7 Å². The molecule has 0 atom stereocenters. The fraction of sp³-hybridized carbons (Fsp3) is 0.500. The fourth-order valence-electron chi connectivity index (χ4n) is 2.00. The van der Waals surface area contributed by atoms with Gasteiger partial charge < -0.3 is 9.72 Å². The molecule has 0 unspecified atom stereocenters. The second-order valence-electron chi connectivity index (χ2n) is 5.86. The molecule has 21 heavy (non-hydrogen) atoms. The molecular formula is C14H20N4O2S. The Morgan fingerprint density at radius 2 is 2.10 bits per heavy atom. The van der Waals surface area contributed by atoms with Gasteiger partial charge in [-0.15, -0.1) is 0 Å². The van der Waals surface area contributed by atoms with Gasteiger partial charge in [0.2, 0.25) is 0 Å². The van der Waals surface area contributed by atoms with Crippen molar-refractivity contribution in [3.05, 3.63) is 33.0 Å². The summed E-state index contributed by atoms with van der Waals surface area (Å²) in [4.78, 5) is 15.3. The minimum atomic E-state index is -0.171. The number of hydrogen-bond donors (Lipinski definition) is 2. The monoisotopic (exact) mass is 308 g/mol. The van der Waals surface area contributed by atoms with Crippen LogP contribution in [-0.2, 0) is 16.7 Å². The van der Waals surface area contributed by atoms with E-state index in [1.165, 1.54) is 0 Å². The zero-order chi connectivity index (χ0) is 15.6. The highest BCUT2D eigenvalue weighted by Crippen LogP contribution is 2.20. The summed E-state index contributed by atoms with van der Waals surface area (Å²) >= 11 is 5.19. The van der Waals surface area contributed by atoms with Gasteiger partial charge >= 0.3 is 0 Å². The second kappa shape index (κ2) is 5.95. The summed E-state index contributed by atoms with van der Waals surface area (Å²) in [7, 11) is 1.62. The van der Waals surface area contributed by atoms with Crippen LogP contribution in [0.2, 0.25) is 0 Å². The molecule has 2 aromatic heterocycles. The molecule has 0 aliphatic carbocycles. The van der Waals surface area contributed by atoms with Crippen molar-refractivity contribution in [2.45, 2.75) is 32.7 Å². The van der Waals surface area contributed by atoms with Crippen LogP contribution >= 0.6 is 12.2 Å². The zero-order valence-electron chi connectivity index (χ0n) is 12.7. The summed E-state index contributed by atoms with van der Waals surface area (Å²) in [6.07, 6.45) is 0. The van der Waals surface area contributed by atoms with Crippen molar-refractivity contribution in [3.63, 3.8) is 0 Å². The Balaban J connectivity index is 2.49. The van der Waals surface area contributed by atoms with Crippen LogP contribution in [0.15, 0.2) is 16.9 Å². The van der Waals surface area contributed by atoms with E-state index >= 15 is 0 Å². The van der Waals surface area contributed by atoms with Gasteiger partial charge in [-0.3, -0.25) is 14.5 Å². The van der Waals surface area contributed by atoms with E-state index in [1.807, 2.05) is 26.8 Å². The van der Waals surface area contributed by atoms with Crippen LogP contribution in [0, 0.1) is 4.77 Å². The van der Waals surface area contributed by atoms with E-state index < -0.39 is 0 Å². The van der Waals surface area contributed by atoms with Gasteiger partial charge in [0.15, 0.2) is 10.6 Å². The van der Waals surface area contributed by atoms with Crippen molar-refractivity contribution in [1.82, 2.24) is 19.7 Å². The number of aromatic nitrogens is 4. The van der Waals surface area contributed by atoms with E-state index in [2.05, 4.69) is 15.2 Å². The van der Waals surface area contributed by atoms with Crippen molar-refractivity contribution in [2.24, 2.45) is 0 Å². The molecule has 2 rings (SSSR count). The largest absolute Gasteiger partial charge is 0.383 e. The second-order valence-corrected chi connectivity index (χ2v) is 6.25. The van der Waals surface area contributed by atoms with Crippen LogP contribution in [0.5, 0.6) is 0 Å². The molecule has 2 N–H and O–H groups in total. The number of ether oxygens (including phenoxy) is 1. The average Bonchev–Trinajstić information content (AvgIpc) is 2.76. The maximum absolute atomic E-state index is 12.3. The molecule has 0 aliphatic heterocycles. The Kier molecular flexibility index (Phi) is 4.43. The smallest absolute Gasteiger partial charge is 0.259 e. The zero-order valence-corrected chi connectivity index (χ0v) is 13.5. The van der Waals surface area contributed by atoms with Crippen LogP contribution in [0.4, 0.5) is 0 Å². The van der Waals surface area contributed by atoms with Crippen molar-refractivity contribution >= 4 is 12.2 Å². The molecule has 2 heterocycles. The molecule has 0 bridgehead atoms. The van der Waals surface area contributed by atoms with Gasteiger partial charge in [-0.25, -0.2) is 0 Å². The molecule has 0 fully saturated rings. The highest BCUT2D eigenvalue weighted by molar-refractivity contribution is 7.71. The number of methoxy groups -OCH3 is 1. The van der Waals surface area contributed by atoms with Crippen LogP contribution in [0.1, 0.15) is 26.5 Å². The van der Waals surface area contributed by atoms with Crippen LogP contribution < -0.4 is 5.56 Å². The Hall–Kier alpha value is -1.73. The van der Waals surface area contributed by atoms with E-state index in [0.717, 1.165) is 5.69 Å². The van der Waals surface area contributed by atoms with Gasteiger partial charge in [0.1, 0.15) is 0 Å². The number of nitrogens with one attached hydrogen (secondary N) is 2. The third-order valence-electron chi connectivity index (χ3n) is 3.24. The summed E-state index contributed by atoms with van der Waals surface area (Å²) in [5.74, 6) is 0.527. The molecule has 0 saturated carbocycles. The predicted octanol–water partition coefficient (Wildman–Crippen LogP) is 2.24. The summed E-state index contributed by atoms with van der Waals surface area (Å²) in [6.45, 7) is 7.19.